The third kappa shape index (κ3) is 1.93. The molecule has 1 nitrogen and oxygen atoms in total. The molecule has 0 saturated carbocycles. The van der Waals surface area contributed by atoms with Crippen LogP contribution in [-0.2, 0) is 0 Å². The minimum Gasteiger partial charge on any atom is -0.355 e. The predicted molar refractivity (Wildman–Crippen MR) is 95.0 cm³/mol. The first-order chi connectivity index (χ1) is 10.6. The molecule has 1 unspecified atom stereocenters. The molecule has 110 valence electrons. The Morgan fingerprint density at radius 2 is 1.50 bits per heavy atom. The number of para-hydroxylation sites is 1. The van der Waals surface area contributed by atoms with Crippen molar-refractivity contribution in [3.63, 3.8) is 0 Å². The van der Waals surface area contributed by atoms with Gasteiger partial charge in [-0.05, 0) is 28.0 Å². The molecule has 0 fully saturated rings. The highest BCUT2D eigenvalue weighted by molar-refractivity contribution is 5.99. The quantitative estimate of drug-likeness (QED) is 0.528. The number of hydrogen-bond acceptors (Lipinski definition) is 1. The van der Waals surface area contributed by atoms with Crippen LogP contribution in [0.1, 0.15) is 37.8 Å². The van der Waals surface area contributed by atoms with E-state index in [1.54, 1.807) is 0 Å². The molecular weight excluding hydrogens is 266 g/mol. The molecule has 1 heterocycles. The maximum Gasteiger partial charge on any atom is 0.0503 e. The van der Waals surface area contributed by atoms with Gasteiger partial charge in [0.15, 0.2) is 0 Å². The fraction of sp³-hybridized carbons (Fsp3) is 0.238. The average molecular weight is 287 g/mol. The van der Waals surface area contributed by atoms with E-state index < -0.39 is 0 Å². The molecule has 0 spiro atoms. The van der Waals surface area contributed by atoms with Gasteiger partial charge in [-0.2, -0.15) is 0 Å². The molecule has 4 rings (SSSR count). The Hall–Kier alpha value is -2.28. The molecule has 3 aromatic carbocycles. The SMILES string of the molecule is CC(C)(C)C1c2ccccc2Nc2c1ccc1ccccc21. The summed E-state index contributed by atoms with van der Waals surface area (Å²) in [6.07, 6.45) is 0. The fourth-order valence-electron chi connectivity index (χ4n) is 3.77. The lowest BCUT2D eigenvalue weighted by Gasteiger charge is -2.38. The van der Waals surface area contributed by atoms with Gasteiger partial charge < -0.3 is 5.32 Å². The lowest BCUT2D eigenvalue weighted by atomic mass is 9.70. The number of anilines is 2. The summed E-state index contributed by atoms with van der Waals surface area (Å²) in [7, 11) is 0. The van der Waals surface area contributed by atoms with Crippen molar-refractivity contribution in [3.05, 3.63) is 71.8 Å². The van der Waals surface area contributed by atoms with Crippen molar-refractivity contribution < 1.29 is 0 Å². The third-order valence-electron chi connectivity index (χ3n) is 4.67. The van der Waals surface area contributed by atoms with Crippen molar-refractivity contribution in [2.75, 3.05) is 5.32 Å². The summed E-state index contributed by atoms with van der Waals surface area (Å²) in [5, 5.41) is 6.29. The Kier molecular flexibility index (Phi) is 2.80. The Bertz CT molecular complexity index is 855. The molecule has 1 aliphatic heterocycles. The zero-order chi connectivity index (χ0) is 15.3. The molecule has 3 aromatic rings. The summed E-state index contributed by atoms with van der Waals surface area (Å²) in [6, 6.07) is 21.9. The van der Waals surface area contributed by atoms with Gasteiger partial charge in [0, 0.05) is 17.0 Å². The zero-order valence-corrected chi connectivity index (χ0v) is 13.4. The Morgan fingerprint density at radius 3 is 2.32 bits per heavy atom. The summed E-state index contributed by atoms with van der Waals surface area (Å²) in [6.45, 7) is 7.00. The summed E-state index contributed by atoms with van der Waals surface area (Å²) >= 11 is 0. The largest absolute Gasteiger partial charge is 0.355 e. The van der Waals surface area contributed by atoms with Crippen LogP contribution in [0.25, 0.3) is 10.8 Å². The van der Waals surface area contributed by atoms with Crippen molar-refractivity contribution in [1.82, 2.24) is 0 Å². The second kappa shape index (κ2) is 4.61. The fourth-order valence-corrected chi connectivity index (χ4v) is 3.77. The lowest BCUT2D eigenvalue weighted by molar-refractivity contribution is 0.358. The van der Waals surface area contributed by atoms with Crippen LogP contribution in [-0.4, -0.2) is 0 Å². The van der Waals surface area contributed by atoms with E-state index in [4.69, 9.17) is 0 Å². The van der Waals surface area contributed by atoms with Crippen LogP contribution in [0.3, 0.4) is 0 Å². The Labute approximate surface area is 132 Å². The molecule has 0 aromatic heterocycles. The topological polar surface area (TPSA) is 12.0 Å². The van der Waals surface area contributed by atoms with E-state index in [0.717, 1.165) is 0 Å². The molecule has 22 heavy (non-hydrogen) atoms. The van der Waals surface area contributed by atoms with Crippen molar-refractivity contribution in [2.24, 2.45) is 5.41 Å². The van der Waals surface area contributed by atoms with Gasteiger partial charge in [-0.25, -0.2) is 0 Å². The number of benzene rings is 3. The van der Waals surface area contributed by atoms with Gasteiger partial charge in [-0.1, -0.05) is 75.4 Å². The Balaban J connectivity index is 2.05. The standard InChI is InChI=1S/C21H21N/c1-21(2,3)19-16-10-6-7-11-18(16)22-20-15-9-5-4-8-14(15)12-13-17(19)20/h4-13,19,22H,1-3H3. The van der Waals surface area contributed by atoms with E-state index >= 15 is 0 Å². The highest BCUT2D eigenvalue weighted by Crippen LogP contribution is 2.51. The summed E-state index contributed by atoms with van der Waals surface area (Å²) < 4.78 is 0. The maximum absolute atomic E-state index is 3.69. The van der Waals surface area contributed by atoms with E-state index in [1.807, 2.05) is 0 Å². The van der Waals surface area contributed by atoms with Crippen LogP contribution in [0.5, 0.6) is 0 Å². The van der Waals surface area contributed by atoms with Gasteiger partial charge in [0.2, 0.25) is 0 Å². The van der Waals surface area contributed by atoms with Gasteiger partial charge in [0.25, 0.3) is 0 Å². The number of rotatable bonds is 0. The van der Waals surface area contributed by atoms with Crippen LogP contribution in [0.2, 0.25) is 0 Å². The van der Waals surface area contributed by atoms with E-state index in [2.05, 4.69) is 86.8 Å². The molecule has 0 amide bonds. The highest BCUT2D eigenvalue weighted by atomic mass is 14.9. The molecule has 1 heteroatoms. The minimum atomic E-state index is 0.176. The van der Waals surface area contributed by atoms with Crippen LogP contribution >= 0.6 is 0 Å². The first kappa shape index (κ1) is 13.4. The number of fused-ring (bicyclic) bond motifs is 4. The average Bonchev–Trinajstić information content (AvgIpc) is 2.51. The van der Waals surface area contributed by atoms with Gasteiger partial charge >= 0.3 is 0 Å². The van der Waals surface area contributed by atoms with Crippen molar-refractivity contribution in [1.29, 1.82) is 0 Å². The molecule has 0 aliphatic carbocycles. The highest BCUT2D eigenvalue weighted by Gasteiger charge is 2.34. The van der Waals surface area contributed by atoms with Crippen LogP contribution in [0.4, 0.5) is 11.4 Å². The molecule has 1 aliphatic rings. The first-order valence-electron chi connectivity index (χ1n) is 7.93. The number of nitrogens with one attached hydrogen (secondary N) is 1. The van der Waals surface area contributed by atoms with Crippen molar-refractivity contribution in [3.8, 4) is 0 Å². The van der Waals surface area contributed by atoms with Crippen molar-refractivity contribution in [2.45, 2.75) is 26.7 Å². The monoisotopic (exact) mass is 287 g/mol. The third-order valence-corrected chi connectivity index (χ3v) is 4.67. The van der Waals surface area contributed by atoms with E-state index in [9.17, 15) is 0 Å². The second-order valence-electron chi connectivity index (χ2n) is 7.26. The predicted octanol–water partition coefficient (Wildman–Crippen LogP) is 6.07. The molecule has 0 radical (unpaired) electrons. The van der Waals surface area contributed by atoms with Crippen LogP contribution < -0.4 is 5.32 Å². The Morgan fingerprint density at radius 1 is 0.773 bits per heavy atom. The van der Waals surface area contributed by atoms with E-state index in [-0.39, 0.29) is 5.41 Å². The van der Waals surface area contributed by atoms with Crippen molar-refractivity contribution >= 4 is 22.1 Å². The molecule has 0 saturated heterocycles. The maximum atomic E-state index is 3.69. The zero-order valence-electron chi connectivity index (χ0n) is 13.4. The molecule has 0 bridgehead atoms. The van der Waals surface area contributed by atoms with Gasteiger partial charge in [0.05, 0.1) is 5.69 Å². The van der Waals surface area contributed by atoms with Gasteiger partial charge in [-0.15, -0.1) is 0 Å². The van der Waals surface area contributed by atoms with Gasteiger partial charge in [-0.3, -0.25) is 0 Å². The summed E-state index contributed by atoms with van der Waals surface area (Å²) in [4.78, 5) is 0. The lowest BCUT2D eigenvalue weighted by Crippen LogP contribution is -2.24. The second-order valence-corrected chi connectivity index (χ2v) is 7.26. The van der Waals surface area contributed by atoms with Gasteiger partial charge in [0.1, 0.15) is 0 Å². The smallest absolute Gasteiger partial charge is 0.0503 e. The molecule has 1 N–H and O–H groups in total. The van der Waals surface area contributed by atoms with Crippen LogP contribution in [0, 0.1) is 5.41 Å². The van der Waals surface area contributed by atoms with E-state index in [0.29, 0.717) is 5.92 Å². The minimum absolute atomic E-state index is 0.176. The normalized spacial score (nSPS) is 16.8. The first-order valence-corrected chi connectivity index (χ1v) is 7.93. The molecular formula is C21H21N. The summed E-state index contributed by atoms with van der Waals surface area (Å²) in [5.74, 6) is 0.407. The summed E-state index contributed by atoms with van der Waals surface area (Å²) in [5.41, 5.74) is 5.50. The molecule has 1 atom stereocenters. The van der Waals surface area contributed by atoms with E-state index in [1.165, 1.54) is 33.3 Å². The van der Waals surface area contributed by atoms with Crippen LogP contribution in [0.15, 0.2) is 60.7 Å². The number of hydrogen-bond donors (Lipinski definition) is 1.